The second kappa shape index (κ2) is 5.65. The largest absolute Gasteiger partial charge is 0.485 e. The Morgan fingerprint density at radius 2 is 2.00 bits per heavy atom. The van der Waals surface area contributed by atoms with E-state index in [1.165, 1.54) is 17.0 Å². The van der Waals surface area contributed by atoms with Crippen molar-refractivity contribution in [2.24, 2.45) is 0 Å². The lowest BCUT2D eigenvalue weighted by Crippen LogP contribution is -2.56. The molecule has 0 saturated carbocycles. The van der Waals surface area contributed by atoms with Crippen molar-refractivity contribution in [2.75, 3.05) is 6.54 Å². The van der Waals surface area contributed by atoms with E-state index in [2.05, 4.69) is 0 Å². The van der Waals surface area contributed by atoms with Crippen LogP contribution >= 0.6 is 0 Å². The summed E-state index contributed by atoms with van der Waals surface area (Å²) in [7, 11) is 0. The number of halogens is 3. The molecule has 2 aliphatic heterocycles. The molecule has 2 atom stereocenters. The van der Waals surface area contributed by atoms with E-state index in [1.54, 1.807) is 13.8 Å². The molecule has 132 valence electrons. The van der Waals surface area contributed by atoms with E-state index in [-0.39, 0.29) is 23.6 Å². The quantitative estimate of drug-likeness (QED) is 0.851. The molecule has 2 aliphatic rings. The summed E-state index contributed by atoms with van der Waals surface area (Å²) in [6.07, 6.45) is -4.14. The molecule has 0 unspecified atom stereocenters. The van der Waals surface area contributed by atoms with Crippen LogP contribution in [0.2, 0.25) is 0 Å². The van der Waals surface area contributed by atoms with Crippen molar-refractivity contribution < 1.29 is 27.8 Å². The Hall–Kier alpha value is -1.76. The van der Waals surface area contributed by atoms with Crippen LogP contribution in [0.5, 0.6) is 5.75 Å². The highest BCUT2D eigenvalue weighted by atomic mass is 19.4. The van der Waals surface area contributed by atoms with Gasteiger partial charge in [0, 0.05) is 18.5 Å². The number of hydrogen-bond donors (Lipinski definition) is 1. The molecular weight excluding hydrogens is 323 g/mol. The second-order valence-corrected chi connectivity index (χ2v) is 6.85. The van der Waals surface area contributed by atoms with Crippen LogP contribution in [0.1, 0.15) is 50.3 Å². The number of piperidine rings is 1. The van der Waals surface area contributed by atoms with Gasteiger partial charge in [-0.05, 0) is 38.8 Å². The Morgan fingerprint density at radius 3 is 2.62 bits per heavy atom. The van der Waals surface area contributed by atoms with Gasteiger partial charge in [-0.1, -0.05) is 6.07 Å². The Balaban J connectivity index is 2.19. The van der Waals surface area contributed by atoms with Gasteiger partial charge in [0.2, 0.25) is 5.91 Å². The van der Waals surface area contributed by atoms with Gasteiger partial charge in [-0.2, -0.15) is 13.2 Å². The SMILES string of the molecule is CC1(C)Oc2cccc(C(F)(F)F)c2[C@@H](N2CCCCC2=O)[C@@H]1O. The van der Waals surface area contributed by atoms with Crippen molar-refractivity contribution in [1.82, 2.24) is 4.90 Å². The number of carbonyl (C=O) groups is 1. The molecule has 0 aliphatic carbocycles. The van der Waals surface area contributed by atoms with Crippen molar-refractivity contribution in [3.63, 3.8) is 0 Å². The average molecular weight is 343 g/mol. The summed E-state index contributed by atoms with van der Waals surface area (Å²) in [5.74, 6) is -0.158. The van der Waals surface area contributed by atoms with E-state index in [9.17, 15) is 23.1 Å². The number of amides is 1. The molecule has 7 heteroatoms. The van der Waals surface area contributed by atoms with Crippen LogP contribution in [0.3, 0.4) is 0 Å². The molecule has 3 rings (SSSR count). The summed E-state index contributed by atoms with van der Waals surface area (Å²) < 4.78 is 46.1. The number of fused-ring (bicyclic) bond motifs is 1. The Labute approximate surface area is 138 Å². The second-order valence-electron chi connectivity index (χ2n) is 6.85. The Bertz CT molecular complexity index is 657. The first kappa shape index (κ1) is 17.1. The van der Waals surface area contributed by atoms with E-state index < -0.39 is 29.5 Å². The third-order valence-corrected chi connectivity index (χ3v) is 4.75. The van der Waals surface area contributed by atoms with E-state index in [0.717, 1.165) is 6.07 Å². The van der Waals surface area contributed by atoms with Gasteiger partial charge in [-0.3, -0.25) is 4.79 Å². The van der Waals surface area contributed by atoms with Crippen LogP contribution in [0.25, 0.3) is 0 Å². The molecule has 24 heavy (non-hydrogen) atoms. The minimum Gasteiger partial charge on any atom is -0.485 e. The fraction of sp³-hybridized carbons (Fsp3) is 0.588. The molecule has 2 heterocycles. The van der Waals surface area contributed by atoms with Crippen LogP contribution in [-0.2, 0) is 11.0 Å². The fourth-order valence-electron chi connectivity index (χ4n) is 3.51. The molecule has 0 aromatic heterocycles. The lowest BCUT2D eigenvalue weighted by molar-refractivity contribution is -0.153. The lowest BCUT2D eigenvalue weighted by atomic mass is 9.82. The smallest absolute Gasteiger partial charge is 0.416 e. The molecule has 1 saturated heterocycles. The van der Waals surface area contributed by atoms with Gasteiger partial charge in [0.05, 0.1) is 11.6 Å². The number of benzene rings is 1. The number of aliphatic hydroxyl groups is 1. The molecule has 0 spiro atoms. The normalized spacial score (nSPS) is 26.8. The van der Waals surface area contributed by atoms with Gasteiger partial charge in [0.1, 0.15) is 17.5 Å². The maximum Gasteiger partial charge on any atom is 0.416 e. The summed E-state index contributed by atoms with van der Waals surface area (Å²) in [4.78, 5) is 13.7. The lowest BCUT2D eigenvalue weighted by Gasteiger charge is -2.47. The van der Waals surface area contributed by atoms with Gasteiger partial charge in [-0.25, -0.2) is 0 Å². The first-order chi connectivity index (χ1) is 11.1. The maximum absolute atomic E-state index is 13.5. The zero-order valence-electron chi connectivity index (χ0n) is 13.6. The summed E-state index contributed by atoms with van der Waals surface area (Å²) in [5, 5.41) is 10.7. The van der Waals surface area contributed by atoms with Gasteiger partial charge in [0.25, 0.3) is 0 Å². The number of rotatable bonds is 1. The number of alkyl halides is 3. The average Bonchev–Trinajstić information content (AvgIpc) is 2.48. The van der Waals surface area contributed by atoms with Crippen LogP contribution in [0, 0.1) is 0 Å². The first-order valence-corrected chi connectivity index (χ1v) is 7.99. The molecule has 1 amide bonds. The van der Waals surface area contributed by atoms with Crippen LogP contribution in [0.4, 0.5) is 13.2 Å². The van der Waals surface area contributed by atoms with Crippen molar-refractivity contribution in [1.29, 1.82) is 0 Å². The van der Waals surface area contributed by atoms with E-state index in [1.807, 2.05) is 0 Å². The third-order valence-electron chi connectivity index (χ3n) is 4.75. The first-order valence-electron chi connectivity index (χ1n) is 7.99. The molecule has 1 aromatic carbocycles. The molecule has 4 nitrogen and oxygen atoms in total. The van der Waals surface area contributed by atoms with Gasteiger partial charge in [0.15, 0.2) is 0 Å². The number of ether oxygens (including phenoxy) is 1. The number of hydrogen-bond acceptors (Lipinski definition) is 3. The zero-order chi connectivity index (χ0) is 17.7. The molecule has 0 radical (unpaired) electrons. The summed E-state index contributed by atoms with van der Waals surface area (Å²) >= 11 is 0. The van der Waals surface area contributed by atoms with Crippen LogP contribution in [-0.4, -0.2) is 34.2 Å². The van der Waals surface area contributed by atoms with Gasteiger partial charge < -0.3 is 14.7 Å². The van der Waals surface area contributed by atoms with Crippen LogP contribution < -0.4 is 4.74 Å². The molecule has 1 fully saturated rings. The van der Waals surface area contributed by atoms with E-state index >= 15 is 0 Å². The molecule has 1 N–H and O–H groups in total. The van der Waals surface area contributed by atoms with E-state index in [0.29, 0.717) is 19.4 Å². The summed E-state index contributed by atoms with van der Waals surface area (Å²) in [6, 6.07) is 2.65. The van der Waals surface area contributed by atoms with E-state index in [4.69, 9.17) is 4.74 Å². The molecular formula is C17H20F3NO3. The van der Waals surface area contributed by atoms with Crippen molar-refractivity contribution >= 4 is 5.91 Å². The number of aliphatic hydroxyl groups excluding tert-OH is 1. The monoisotopic (exact) mass is 343 g/mol. The standard InChI is InChI=1S/C17H20F3NO3/c1-16(2)15(23)14(21-9-4-3-8-12(21)22)13-10(17(18,19)20)6-5-7-11(13)24-16/h5-7,14-15,23H,3-4,8-9H2,1-2H3/t14-,15+/m1/s1. The predicted molar refractivity (Wildman–Crippen MR) is 80.5 cm³/mol. The summed E-state index contributed by atoms with van der Waals surface area (Å²) in [5.41, 5.74) is -2.11. The highest BCUT2D eigenvalue weighted by Crippen LogP contribution is 2.48. The third kappa shape index (κ3) is 2.75. The number of carbonyl (C=O) groups excluding carboxylic acids is 1. The Morgan fingerprint density at radius 1 is 1.29 bits per heavy atom. The van der Waals surface area contributed by atoms with Gasteiger partial charge in [-0.15, -0.1) is 0 Å². The highest BCUT2D eigenvalue weighted by molar-refractivity contribution is 5.78. The Kier molecular flexibility index (Phi) is 4.02. The molecule has 0 bridgehead atoms. The van der Waals surface area contributed by atoms with Crippen LogP contribution in [0.15, 0.2) is 18.2 Å². The fourth-order valence-corrected chi connectivity index (χ4v) is 3.51. The minimum atomic E-state index is -4.59. The number of nitrogens with zero attached hydrogens (tertiary/aromatic N) is 1. The highest BCUT2D eigenvalue weighted by Gasteiger charge is 2.50. The van der Waals surface area contributed by atoms with Gasteiger partial charge >= 0.3 is 6.18 Å². The molecule has 1 aromatic rings. The summed E-state index contributed by atoms with van der Waals surface area (Å²) in [6.45, 7) is 3.56. The maximum atomic E-state index is 13.5. The predicted octanol–water partition coefficient (Wildman–Crippen LogP) is 3.29. The minimum absolute atomic E-state index is 0.0727. The van der Waals surface area contributed by atoms with Crippen molar-refractivity contribution in [3.05, 3.63) is 29.3 Å². The zero-order valence-corrected chi connectivity index (χ0v) is 13.6. The van der Waals surface area contributed by atoms with Crippen molar-refractivity contribution in [3.8, 4) is 5.75 Å². The van der Waals surface area contributed by atoms with Crippen molar-refractivity contribution in [2.45, 2.75) is 57.0 Å². The topological polar surface area (TPSA) is 49.8 Å². The number of likely N-dealkylation sites (tertiary alicyclic amines) is 1.